The number of ether oxygens (including phenoxy) is 1. The van der Waals surface area contributed by atoms with Crippen LogP contribution in [0.4, 0.5) is 0 Å². The van der Waals surface area contributed by atoms with Gasteiger partial charge in [0.15, 0.2) is 0 Å². The summed E-state index contributed by atoms with van der Waals surface area (Å²) < 4.78 is 32.2. The number of sulfonamides is 1. The summed E-state index contributed by atoms with van der Waals surface area (Å²) in [5, 5.41) is 0.205. The van der Waals surface area contributed by atoms with Crippen LogP contribution < -0.4 is 9.46 Å². The van der Waals surface area contributed by atoms with Crippen molar-refractivity contribution in [1.82, 2.24) is 4.72 Å². The maximum absolute atomic E-state index is 12.2. The molecule has 21 heavy (non-hydrogen) atoms. The van der Waals surface area contributed by atoms with Crippen LogP contribution in [0.5, 0.6) is 5.75 Å². The van der Waals surface area contributed by atoms with Crippen molar-refractivity contribution in [2.75, 3.05) is 6.61 Å². The molecule has 0 aromatic heterocycles. The molecule has 1 N–H and O–H groups in total. The third-order valence-corrected chi connectivity index (χ3v) is 4.73. The van der Waals surface area contributed by atoms with Crippen LogP contribution in [0, 0.1) is 0 Å². The van der Waals surface area contributed by atoms with E-state index in [4.69, 9.17) is 16.3 Å². The molecule has 6 heteroatoms. The van der Waals surface area contributed by atoms with E-state index in [0.29, 0.717) is 6.61 Å². The Kier molecular flexibility index (Phi) is 5.22. The van der Waals surface area contributed by atoms with Crippen molar-refractivity contribution in [3.05, 3.63) is 59.1 Å². The fraction of sp³-hybridized carbons (Fsp3) is 0.200. The van der Waals surface area contributed by atoms with Crippen molar-refractivity contribution in [2.45, 2.75) is 18.4 Å². The second-order valence-corrected chi connectivity index (χ2v) is 6.47. The Morgan fingerprint density at radius 1 is 1.10 bits per heavy atom. The van der Waals surface area contributed by atoms with Gasteiger partial charge in [-0.1, -0.05) is 35.9 Å². The average molecular weight is 326 g/mol. The second kappa shape index (κ2) is 6.93. The zero-order valence-electron chi connectivity index (χ0n) is 11.5. The van der Waals surface area contributed by atoms with Gasteiger partial charge in [0.25, 0.3) is 0 Å². The lowest BCUT2D eigenvalue weighted by atomic mass is 10.2. The van der Waals surface area contributed by atoms with Crippen molar-refractivity contribution in [3.63, 3.8) is 0 Å². The topological polar surface area (TPSA) is 55.4 Å². The molecule has 0 aliphatic carbocycles. The molecule has 2 rings (SSSR count). The van der Waals surface area contributed by atoms with Gasteiger partial charge in [-0.3, -0.25) is 0 Å². The van der Waals surface area contributed by atoms with Gasteiger partial charge >= 0.3 is 0 Å². The van der Waals surface area contributed by atoms with Crippen LogP contribution in [0.25, 0.3) is 0 Å². The molecule has 0 aliphatic heterocycles. The van der Waals surface area contributed by atoms with E-state index in [2.05, 4.69) is 4.72 Å². The second-order valence-electron chi connectivity index (χ2n) is 4.33. The quantitative estimate of drug-likeness (QED) is 0.887. The van der Waals surface area contributed by atoms with E-state index in [1.165, 1.54) is 6.07 Å². The molecule has 0 amide bonds. The number of nitrogens with one attached hydrogen (secondary N) is 1. The minimum atomic E-state index is -3.62. The lowest BCUT2D eigenvalue weighted by molar-refractivity contribution is 0.340. The van der Waals surface area contributed by atoms with E-state index in [9.17, 15) is 8.42 Å². The Bertz CT molecular complexity index is 699. The molecule has 0 aliphatic rings. The van der Waals surface area contributed by atoms with Crippen molar-refractivity contribution in [3.8, 4) is 5.75 Å². The zero-order chi connectivity index (χ0) is 15.3. The van der Waals surface area contributed by atoms with Gasteiger partial charge in [-0.25, -0.2) is 13.1 Å². The fourth-order valence-electron chi connectivity index (χ4n) is 1.79. The monoisotopic (exact) mass is 325 g/mol. The third kappa shape index (κ3) is 4.20. The summed E-state index contributed by atoms with van der Waals surface area (Å²) in [6.45, 7) is 2.70. The maximum Gasteiger partial charge on any atom is 0.242 e. The largest absolute Gasteiger partial charge is 0.494 e. The summed E-state index contributed by atoms with van der Waals surface area (Å²) in [6.07, 6.45) is 0. The summed E-state index contributed by atoms with van der Waals surface area (Å²) in [6, 6.07) is 13.6. The predicted octanol–water partition coefficient (Wildman–Crippen LogP) is 3.22. The summed E-state index contributed by atoms with van der Waals surface area (Å²) in [4.78, 5) is 0.0811. The summed E-state index contributed by atoms with van der Waals surface area (Å²) >= 11 is 5.91. The molecule has 0 heterocycles. The van der Waals surface area contributed by atoms with Crippen LogP contribution in [0.15, 0.2) is 53.4 Å². The molecule has 2 aromatic carbocycles. The summed E-state index contributed by atoms with van der Waals surface area (Å²) in [5.41, 5.74) is 0.842. The lowest BCUT2D eigenvalue weighted by Gasteiger charge is -2.09. The van der Waals surface area contributed by atoms with Crippen LogP contribution >= 0.6 is 11.6 Å². The lowest BCUT2D eigenvalue weighted by Crippen LogP contribution is -2.23. The highest BCUT2D eigenvalue weighted by Crippen LogP contribution is 2.20. The molecule has 0 bridgehead atoms. The van der Waals surface area contributed by atoms with Crippen molar-refractivity contribution in [1.29, 1.82) is 0 Å². The minimum absolute atomic E-state index is 0.0811. The molecular formula is C15H16ClNO3S. The number of hydrogen-bond acceptors (Lipinski definition) is 3. The van der Waals surface area contributed by atoms with Crippen LogP contribution in [-0.2, 0) is 16.6 Å². The van der Waals surface area contributed by atoms with Crippen LogP contribution in [-0.4, -0.2) is 15.0 Å². The molecule has 2 aromatic rings. The molecule has 0 fully saturated rings. The average Bonchev–Trinajstić information content (AvgIpc) is 2.47. The molecule has 0 radical (unpaired) electrons. The smallest absolute Gasteiger partial charge is 0.242 e. The first-order valence-electron chi connectivity index (χ1n) is 6.49. The molecule has 0 saturated carbocycles. The van der Waals surface area contributed by atoms with Crippen molar-refractivity contribution >= 4 is 21.6 Å². The van der Waals surface area contributed by atoms with Gasteiger partial charge in [-0.2, -0.15) is 0 Å². The number of benzene rings is 2. The number of halogens is 1. The molecule has 0 unspecified atom stereocenters. The van der Waals surface area contributed by atoms with Crippen molar-refractivity contribution < 1.29 is 13.2 Å². The van der Waals surface area contributed by atoms with E-state index >= 15 is 0 Å². The standard InChI is InChI=1S/C15H16ClNO3S/c1-2-20-13-9-7-12(8-10-13)11-17-21(18,19)15-6-4-3-5-14(15)16/h3-10,17H,2,11H2,1H3. The molecular weight excluding hydrogens is 310 g/mol. The van der Waals surface area contributed by atoms with E-state index < -0.39 is 10.0 Å². The van der Waals surface area contributed by atoms with Crippen LogP contribution in [0.3, 0.4) is 0 Å². The van der Waals surface area contributed by atoms with E-state index in [1.54, 1.807) is 18.2 Å². The van der Waals surface area contributed by atoms with Gasteiger partial charge < -0.3 is 4.74 Å². The van der Waals surface area contributed by atoms with Gasteiger partial charge in [0.05, 0.1) is 11.6 Å². The Hall–Kier alpha value is -1.56. The highest BCUT2D eigenvalue weighted by atomic mass is 35.5. The van der Waals surface area contributed by atoms with E-state index in [0.717, 1.165) is 11.3 Å². The minimum Gasteiger partial charge on any atom is -0.494 e. The zero-order valence-corrected chi connectivity index (χ0v) is 13.1. The Labute approximate surface area is 129 Å². The highest BCUT2D eigenvalue weighted by Gasteiger charge is 2.16. The first-order valence-corrected chi connectivity index (χ1v) is 8.35. The molecule has 112 valence electrons. The van der Waals surface area contributed by atoms with Gasteiger partial charge in [0.2, 0.25) is 10.0 Å². The van der Waals surface area contributed by atoms with Crippen molar-refractivity contribution in [2.24, 2.45) is 0 Å². The summed E-state index contributed by atoms with van der Waals surface area (Å²) in [7, 11) is -3.62. The SMILES string of the molecule is CCOc1ccc(CNS(=O)(=O)c2ccccc2Cl)cc1. The molecule has 0 spiro atoms. The first kappa shape index (κ1) is 15.8. The third-order valence-electron chi connectivity index (χ3n) is 2.83. The summed E-state index contributed by atoms with van der Waals surface area (Å²) in [5.74, 6) is 0.759. The van der Waals surface area contributed by atoms with Gasteiger partial charge in [0.1, 0.15) is 10.6 Å². The van der Waals surface area contributed by atoms with Gasteiger partial charge in [-0.05, 0) is 36.8 Å². The van der Waals surface area contributed by atoms with E-state index in [-0.39, 0.29) is 16.5 Å². The Balaban J connectivity index is 2.07. The maximum atomic E-state index is 12.2. The molecule has 0 atom stereocenters. The Morgan fingerprint density at radius 3 is 2.38 bits per heavy atom. The van der Waals surface area contributed by atoms with Crippen LogP contribution in [0.1, 0.15) is 12.5 Å². The van der Waals surface area contributed by atoms with Gasteiger partial charge in [-0.15, -0.1) is 0 Å². The van der Waals surface area contributed by atoms with E-state index in [1.807, 2.05) is 31.2 Å². The van der Waals surface area contributed by atoms with Crippen LogP contribution in [0.2, 0.25) is 5.02 Å². The van der Waals surface area contributed by atoms with Gasteiger partial charge in [0, 0.05) is 6.54 Å². The molecule has 4 nitrogen and oxygen atoms in total. The normalized spacial score (nSPS) is 11.3. The number of hydrogen-bond donors (Lipinski definition) is 1. The predicted molar refractivity (Wildman–Crippen MR) is 83.1 cm³/mol. The first-order chi connectivity index (χ1) is 10.0. The molecule has 0 saturated heterocycles. The number of rotatable bonds is 6. The highest BCUT2D eigenvalue weighted by molar-refractivity contribution is 7.89. The Morgan fingerprint density at radius 2 is 1.76 bits per heavy atom. The fourth-order valence-corrected chi connectivity index (χ4v) is 3.32.